The standard InChI is InChI=1S/C75H54N2O2/c1-73(2)57-40-46(34-37-51(57)64-59(73)42-55(71-66(64)53-27-15-19-31-62(53)78-71)43-33-36-49-48-25-14-18-30-60(48)77(61(49)39-43)45-23-11-8-12-24-45)76(44-21-9-7-10-22-44)47-35-38-52-58(41-47)75(5,6)69-65(52)67-54-28-16-20-32-63(54)79-72(67)68-50-26-13-17-29-56(50)74(3,4)70(68)69/h7-42H,1-6H3. The molecule has 0 radical (unpaired) electrons. The summed E-state index contributed by atoms with van der Waals surface area (Å²) in [6, 6.07) is 80.5. The van der Waals surface area contributed by atoms with Crippen LogP contribution >= 0.6 is 0 Å². The molecule has 0 saturated heterocycles. The third kappa shape index (κ3) is 5.78. The predicted molar refractivity (Wildman–Crippen MR) is 328 cm³/mol. The van der Waals surface area contributed by atoms with Gasteiger partial charge in [-0.2, -0.15) is 0 Å². The largest absolute Gasteiger partial charge is 0.455 e. The van der Waals surface area contributed by atoms with Gasteiger partial charge in [-0.25, -0.2) is 0 Å². The van der Waals surface area contributed by atoms with E-state index in [-0.39, 0.29) is 16.2 Å². The zero-order valence-corrected chi connectivity index (χ0v) is 45.0. The van der Waals surface area contributed by atoms with Crippen LogP contribution in [0, 0.1) is 0 Å². The monoisotopic (exact) mass is 1010 g/mol. The molecule has 79 heavy (non-hydrogen) atoms. The SMILES string of the molecule is CC1(C)c2cc(N(c3ccccc3)c3ccc4c(c3)C(C)(C)c3c5c(c6oc7ccccc7c6c3-4)-c3ccccc3C5(C)C)ccc2-c2c1cc(-c1ccc3c4ccccc4n(-c4ccccc4)c3c1)c1oc3ccccc3c21. The molecule has 11 aromatic carbocycles. The van der Waals surface area contributed by atoms with E-state index in [1.807, 2.05) is 0 Å². The summed E-state index contributed by atoms with van der Waals surface area (Å²) in [5.74, 6) is 0. The van der Waals surface area contributed by atoms with Crippen LogP contribution in [0.25, 0.3) is 116 Å². The smallest absolute Gasteiger partial charge is 0.144 e. The molecule has 3 heterocycles. The molecule has 0 unspecified atom stereocenters. The van der Waals surface area contributed by atoms with E-state index in [4.69, 9.17) is 8.83 Å². The van der Waals surface area contributed by atoms with E-state index in [1.54, 1.807) is 0 Å². The number of fused-ring (bicyclic) bond motifs is 22. The van der Waals surface area contributed by atoms with Crippen molar-refractivity contribution >= 4 is 82.7 Å². The molecule has 0 aliphatic heterocycles. The molecule has 0 saturated carbocycles. The number of rotatable bonds is 5. The van der Waals surface area contributed by atoms with Crippen molar-refractivity contribution in [2.45, 2.75) is 57.8 Å². The summed E-state index contributed by atoms with van der Waals surface area (Å²) in [5.41, 5.74) is 27.6. The summed E-state index contributed by atoms with van der Waals surface area (Å²) in [4.78, 5) is 2.47. The fourth-order valence-corrected chi connectivity index (χ4v) is 15.1. The van der Waals surface area contributed by atoms with Crippen molar-refractivity contribution in [1.82, 2.24) is 4.57 Å². The minimum Gasteiger partial charge on any atom is -0.455 e. The summed E-state index contributed by atoms with van der Waals surface area (Å²) >= 11 is 0. The highest BCUT2D eigenvalue weighted by Gasteiger charge is 2.49. The molecule has 0 amide bonds. The number of nitrogens with zero attached hydrogens (tertiary/aromatic N) is 2. The number of anilines is 3. The first-order valence-electron chi connectivity index (χ1n) is 27.8. The van der Waals surface area contributed by atoms with Crippen molar-refractivity contribution in [3.05, 3.63) is 252 Å². The summed E-state index contributed by atoms with van der Waals surface area (Å²) in [6.45, 7) is 14.5. The van der Waals surface area contributed by atoms with Crippen molar-refractivity contribution in [3.8, 4) is 50.2 Å². The normalized spacial score (nSPS) is 15.0. The Kier molecular flexibility index (Phi) is 8.73. The molecule has 3 aromatic heterocycles. The van der Waals surface area contributed by atoms with Gasteiger partial charge in [-0.15, -0.1) is 0 Å². The Morgan fingerprint density at radius 1 is 0.342 bits per heavy atom. The maximum atomic E-state index is 7.06. The van der Waals surface area contributed by atoms with Gasteiger partial charge in [0.25, 0.3) is 0 Å². The molecule has 0 fully saturated rings. The van der Waals surface area contributed by atoms with E-state index in [1.165, 1.54) is 105 Å². The number of hydrogen-bond donors (Lipinski definition) is 0. The Morgan fingerprint density at radius 3 is 1.59 bits per heavy atom. The van der Waals surface area contributed by atoms with Gasteiger partial charge in [0, 0.05) is 82.4 Å². The van der Waals surface area contributed by atoms with Crippen LogP contribution in [0.1, 0.15) is 74.9 Å². The first kappa shape index (κ1) is 44.7. The van der Waals surface area contributed by atoms with Gasteiger partial charge in [-0.1, -0.05) is 181 Å². The predicted octanol–water partition coefficient (Wildman–Crippen LogP) is 20.6. The Bertz CT molecular complexity index is 4980. The van der Waals surface area contributed by atoms with Gasteiger partial charge in [-0.05, 0) is 146 Å². The molecule has 3 aliphatic rings. The van der Waals surface area contributed by atoms with E-state index in [0.29, 0.717) is 0 Å². The molecular formula is C75H54N2O2. The lowest BCUT2D eigenvalue weighted by Gasteiger charge is -2.32. The van der Waals surface area contributed by atoms with Gasteiger partial charge < -0.3 is 18.3 Å². The van der Waals surface area contributed by atoms with Crippen LogP contribution in [0.5, 0.6) is 0 Å². The lowest BCUT2D eigenvalue weighted by atomic mass is 9.72. The fourth-order valence-electron chi connectivity index (χ4n) is 15.1. The van der Waals surface area contributed by atoms with Gasteiger partial charge >= 0.3 is 0 Å². The summed E-state index contributed by atoms with van der Waals surface area (Å²) in [5, 5.41) is 7.16. The Hall–Kier alpha value is -9.38. The van der Waals surface area contributed by atoms with Crippen molar-refractivity contribution in [2.24, 2.45) is 0 Å². The van der Waals surface area contributed by atoms with Crippen LogP contribution < -0.4 is 4.90 Å². The van der Waals surface area contributed by atoms with E-state index >= 15 is 0 Å². The maximum absolute atomic E-state index is 7.06. The van der Waals surface area contributed by atoms with Gasteiger partial charge in [0.15, 0.2) is 0 Å². The third-order valence-corrected chi connectivity index (χ3v) is 18.7. The fraction of sp³-hybridized carbons (Fsp3) is 0.120. The number of aromatic nitrogens is 1. The third-order valence-electron chi connectivity index (χ3n) is 18.7. The highest BCUT2D eigenvalue weighted by atomic mass is 16.3. The first-order valence-corrected chi connectivity index (χ1v) is 27.8. The molecule has 0 spiro atoms. The van der Waals surface area contributed by atoms with E-state index in [2.05, 4.69) is 269 Å². The molecule has 0 atom stereocenters. The van der Waals surface area contributed by atoms with Crippen LogP contribution in [0.15, 0.2) is 227 Å². The molecule has 0 N–H and O–H groups in total. The van der Waals surface area contributed by atoms with Gasteiger partial charge in [0.1, 0.15) is 22.3 Å². The lowest BCUT2D eigenvalue weighted by Crippen LogP contribution is -2.24. The van der Waals surface area contributed by atoms with Crippen LogP contribution in [0.2, 0.25) is 0 Å². The number of hydrogen-bond acceptors (Lipinski definition) is 3. The van der Waals surface area contributed by atoms with E-state index in [0.717, 1.165) is 61.6 Å². The molecule has 17 rings (SSSR count). The molecule has 3 aliphatic carbocycles. The Morgan fingerprint density at radius 2 is 0.873 bits per heavy atom. The molecule has 376 valence electrons. The van der Waals surface area contributed by atoms with Crippen molar-refractivity contribution in [1.29, 1.82) is 0 Å². The van der Waals surface area contributed by atoms with Crippen molar-refractivity contribution < 1.29 is 8.83 Å². The Labute approximate surface area is 458 Å². The van der Waals surface area contributed by atoms with E-state index in [9.17, 15) is 0 Å². The van der Waals surface area contributed by atoms with Crippen LogP contribution in [0.3, 0.4) is 0 Å². The second-order valence-electron chi connectivity index (χ2n) is 23.9. The molecule has 0 bridgehead atoms. The number of furan rings is 2. The van der Waals surface area contributed by atoms with Crippen LogP contribution in [0.4, 0.5) is 17.1 Å². The molecule has 4 nitrogen and oxygen atoms in total. The van der Waals surface area contributed by atoms with Gasteiger partial charge in [-0.3, -0.25) is 0 Å². The topological polar surface area (TPSA) is 34.5 Å². The number of benzene rings is 11. The quantitative estimate of drug-likeness (QED) is 0.172. The van der Waals surface area contributed by atoms with Crippen LogP contribution in [-0.4, -0.2) is 4.57 Å². The zero-order valence-electron chi connectivity index (χ0n) is 45.0. The lowest BCUT2D eigenvalue weighted by molar-refractivity contribution is 0.600. The van der Waals surface area contributed by atoms with Gasteiger partial charge in [0.05, 0.1) is 11.0 Å². The first-order chi connectivity index (χ1) is 38.5. The average Bonchev–Trinajstić information content (AvgIpc) is 4.47. The van der Waals surface area contributed by atoms with Crippen molar-refractivity contribution in [3.63, 3.8) is 0 Å². The second kappa shape index (κ2) is 15.4. The second-order valence-corrected chi connectivity index (χ2v) is 23.9. The van der Waals surface area contributed by atoms with Crippen LogP contribution in [-0.2, 0) is 16.2 Å². The molecule has 14 aromatic rings. The summed E-state index contributed by atoms with van der Waals surface area (Å²) in [7, 11) is 0. The van der Waals surface area contributed by atoms with E-state index < -0.39 is 0 Å². The number of para-hydroxylation sites is 5. The highest BCUT2D eigenvalue weighted by molar-refractivity contribution is 6.22. The summed E-state index contributed by atoms with van der Waals surface area (Å²) in [6.07, 6.45) is 0. The average molecular weight is 1020 g/mol. The minimum absolute atomic E-state index is 0.234. The minimum atomic E-state index is -0.363. The van der Waals surface area contributed by atoms with Gasteiger partial charge in [0.2, 0.25) is 0 Å². The Balaban J connectivity index is 0.852. The zero-order chi connectivity index (χ0) is 52.8. The highest BCUT2D eigenvalue weighted by Crippen LogP contribution is 2.64. The molecular weight excluding hydrogens is 961 g/mol. The molecule has 4 heteroatoms. The summed E-state index contributed by atoms with van der Waals surface area (Å²) < 4.78 is 16.5. The maximum Gasteiger partial charge on any atom is 0.144 e. The van der Waals surface area contributed by atoms with Crippen molar-refractivity contribution in [2.75, 3.05) is 4.90 Å².